The van der Waals surface area contributed by atoms with Crippen LogP contribution in [0.1, 0.15) is 41.1 Å². The van der Waals surface area contributed by atoms with Gasteiger partial charge in [0.25, 0.3) is 5.91 Å². The molecule has 0 fully saturated rings. The second-order valence-electron chi connectivity index (χ2n) is 5.67. The van der Waals surface area contributed by atoms with Crippen LogP contribution >= 0.6 is 0 Å². The lowest BCUT2D eigenvalue weighted by Gasteiger charge is -2.17. The van der Waals surface area contributed by atoms with Crippen LogP contribution in [0.25, 0.3) is 11.3 Å². The van der Waals surface area contributed by atoms with E-state index in [1.165, 1.54) is 0 Å². The average molecular weight is 320 g/mol. The molecule has 4 heteroatoms. The minimum atomic E-state index is -0.164. The first kappa shape index (κ1) is 16.0. The van der Waals surface area contributed by atoms with Gasteiger partial charge in [-0.15, -0.1) is 0 Å². The zero-order chi connectivity index (χ0) is 16.9. The molecule has 1 aromatic heterocycles. The minimum Gasteiger partial charge on any atom is -0.360 e. The molecule has 1 heterocycles. The Morgan fingerprint density at radius 2 is 1.71 bits per heavy atom. The highest BCUT2D eigenvalue weighted by Crippen LogP contribution is 2.26. The van der Waals surface area contributed by atoms with Crippen LogP contribution in [0, 0.1) is 6.92 Å². The Morgan fingerprint density at radius 1 is 1.08 bits per heavy atom. The van der Waals surface area contributed by atoms with Gasteiger partial charge in [-0.1, -0.05) is 72.7 Å². The molecule has 122 valence electrons. The number of nitrogens with zero attached hydrogens (tertiary/aromatic N) is 1. The molecule has 0 saturated heterocycles. The van der Waals surface area contributed by atoms with Crippen molar-refractivity contribution in [2.75, 3.05) is 0 Å². The van der Waals surface area contributed by atoms with E-state index in [1.54, 1.807) is 6.92 Å². The van der Waals surface area contributed by atoms with Gasteiger partial charge in [-0.3, -0.25) is 4.79 Å². The average Bonchev–Trinajstić information content (AvgIpc) is 3.02. The Morgan fingerprint density at radius 3 is 2.33 bits per heavy atom. The van der Waals surface area contributed by atoms with Crippen LogP contribution in [0.3, 0.4) is 0 Å². The highest BCUT2D eigenvalue weighted by Gasteiger charge is 2.23. The van der Waals surface area contributed by atoms with Gasteiger partial charge in [0.2, 0.25) is 0 Å². The summed E-state index contributed by atoms with van der Waals surface area (Å²) in [6.07, 6.45) is 0.806. The summed E-state index contributed by atoms with van der Waals surface area (Å²) in [4.78, 5) is 12.9. The third kappa shape index (κ3) is 3.23. The predicted octanol–water partition coefficient (Wildman–Crippen LogP) is 4.53. The number of hydrogen-bond donors (Lipinski definition) is 1. The summed E-state index contributed by atoms with van der Waals surface area (Å²) in [5.74, 6) is 0.359. The Balaban J connectivity index is 1.89. The van der Waals surface area contributed by atoms with Crippen molar-refractivity contribution >= 4 is 5.91 Å². The number of aryl methyl sites for hydroxylation is 1. The van der Waals surface area contributed by atoms with Crippen LogP contribution < -0.4 is 5.32 Å². The molecule has 4 nitrogen and oxygen atoms in total. The standard InChI is InChI=1S/C20H20N2O2/c1-3-17(15-10-6-4-7-11-15)21-20(23)18-14(2)24-22-19(18)16-12-8-5-9-13-16/h4-13,17H,3H2,1-2H3,(H,21,23). The third-order valence-corrected chi connectivity index (χ3v) is 4.05. The first-order valence-electron chi connectivity index (χ1n) is 8.08. The zero-order valence-electron chi connectivity index (χ0n) is 13.8. The van der Waals surface area contributed by atoms with Crippen LogP contribution in [-0.2, 0) is 0 Å². The number of benzene rings is 2. The monoisotopic (exact) mass is 320 g/mol. The van der Waals surface area contributed by atoms with E-state index in [9.17, 15) is 4.79 Å². The van der Waals surface area contributed by atoms with Crippen molar-refractivity contribution in [1.82, 2.24) is 10.5 Å². The normalized spacial score (nSPS) is 11.9. The van der Waals surface area contributed by atoms with Gasteiger partial charge in [0.15, 0.2) is 0 Å². The highest BCUT2D eigenvalue weighted by atomic mass is 16.5. The van der Waals surface area contributed by atoms with Gasteiger partial charge in [0.05, 0.1) is 6.04 Å². The number of nitrogens with one attached hydrogen (secondary N) is 1. The minimum absolute atomic E-state index is 0.0448. The fraction of sp³-hybridized carbons (Fsp3) is 0.200. The van der Waals surface area contributed by atoms with E-state index in [2.05, 4.69) is 17.4 Å². The maximum atomic E-state index is 12.9. The second kappa shape index (κ2) is 7.13. The van der Waals surface area contributed by atoms with Gasteiger partial charge in [0, 0.05) is 5.56 Å². The lowest BCUT2D eigenvalue weighted by Crippen LogP contribution is -2.28. The van der Waals surface area contributed by atoms with Crippen molar-refractivity contribution in [3.05, 3.63) is 77.6 Å². The van der Waals surface area contributed by atoms with E-state index in [0.29, 0.717) is 17.0 Å². The predicted molar refractivity (Wildman–Crippen MR) is 93.6 cm³/mol. The molecule has 1 amide bonds. The summed E-state index contributed by atoms with van der Waals surface area (Å²) in [5, 5.41) is 7.17. The SMILES string of the molecule is CCC(NC(=O)c1c(-c2ccccc2)noc1C)c1ccccc1. The van der Waals surface area contributed by atoms with Crippen molar-refractivity contribution in [2.24, 2.45) is 0 Å². The van der Waals surface area contributed by atoms with Crippen LogP contribution in [0.2, 0.25) is 0 Å². The van der Waals surface area contributed by atoms with Crippen molar-refractivity contribution in [3.63, 3.8) is 0 Å². The zero-order valence-corrected chi connectivity index (χ0v) is 13.8. The van der Waals surface area contributed by atoms with Crippen molar-refractivity contribution in [2.45, 2.75) is 26.3 Å². The molecule has 3 rings (SSSR count). The summed E-state index contributed by atoms with van der Waals surface area (Å²) >= 11 is 0. The summed E-state index contributed by atoms with van der Waals surface area (Å²) in [5.41, 5.74) is 3.03. The molecule has 0 aliphatic rings. The van der Waals surface area contributed by atoms with Crippen LogP contribution in [0.15, 0.2) is 65.2 Å². The number of carbonyl (C=O) groups excluding carboxylic acids is 1. The van der Waals surface area contributed by atoms with Crippen molar-refractivity contribution in [1.29, 1.82) is 0 Å². The Labute approximate surface area is 141 Å². The van der Waals surface area contributed by atoms with Gasteiger partial charge < -0.3 is 9.84 Å². The lowest BCUT2D eigenvalue weighted by atomic mass is 10.0. The molecule has 0 aliphatic heterocycles. The second-order valence-corrected chi connectivity index (χ2v) is 5.67. The molecular formula is C20H20N2O2. The van der Waals surface area contributed by atoms with E-state index >= 15 is 0 Å². The van der Waals surface area contributed by atoms with Crippen molar-refractivity contribution in [3.8, 4) is 11.3 Å². The molecule has 1 N–H and O–H groups in total. The molecule has 1 atom stereocenters. The van der Waals surface area contributed by atoms with E-state index in [4.69, 9.17) is 4.52 Å². The Bertz CT molecular complexity index is 810. The maximum Gasteiger partial charge on any atom is 0.257 e. The molecule has 0 spiro atoms. The summed E-state index contributed by atoms with van der Waals surface area (Å²) in [6, 6.07) is 19.5. The van der Waals surface area contributed by atoms with E-state index in [1.807, 2.05) is 60.7 Å². The number of aromatic nitrogens is 1. The highest BCUT2D eigenvalue weighted by molar-refractivity contribution is 6.00. The van der Waals surface area contributed by atoms with E-state index in [0.717, 1.165) is 17.5 Å². The van der Waals surface area contributed by atoms with E-state index in [-0.39, 0.29) is 11.9 Å². The topological polar surface area (TPSA) is 55.1 Å². The van der Waals surface area contributed by atoms with Gasteiger partial charge in [-0.2, -0.15) is 0 Å². The molecule has 24 heavy (non-hydrogen) atoms. The quantitative estimate of drug-likeness (QED) is 0.751. The summed E-state index contributed by atoms with van der Waals surface area (Å²) < 4.78 is 5.28. The third-order valence-electron chi connectivity index (χ3n) is 4.05. The Kier molecular flexibility index (Phi) is 4.75. The molecule has 0 bridgehead atoms. The van der Waals surface area contributed by atoms with Crippen molar-refractivity contribution < 1.29 is 9.32 Å². The van der Waals surface area contributed by atoms with Gasteiger partial charge in [-0.25, -0.2) is 0 Å². The molecule has 0 aliphatic carbocycles. The number of amides is 1. The molecule has 2 aromatic carbocycles. The fourth-order valence-corrected chi connectivity index (χ4v) is 2.77. The number of rotatable bonds is 5. The summed E-state index contributed by atoms with van der Waals surface area (Å²) in [7, 11) is 0. The van der Waals surface area contributed by atoms with E-state index < -0.39 is 0 Å². The molecule has 0 radical (unpaired) electrons. The first-order chi connectivity index (χ1) is 11.7. The lowest BCUT2D eigenvalue weighted by molar-refractivity contribution is 0.0934. The molecule has 0 saturated carbocycles. The van der Waals surface area contributed by atoms with Crippen LogP contribution in [0.4, 0.5) is 0 Å². The van der Waals surface area contributed by atoms with Crippen LogP contribution in [0.5, 0.6) is 0 Å². The number of carbonyl (C=O) groups is 1. The smallest absolute Gasteiger partial charge is 0.257 e. The van der Waals surface area contributed by atoms with Crippen LogP contribution in [-0.4, -0.2) is 11.1 Å². The number of hydrogen-bond acceptors (Lipinski definition) is 3. The fourth-order valence-electron chi connectivity index (χ4n) is 2.77. The Hall–Kier alpha value is -2.88. The largest absolute Gasteiger partial charge is 0.360 e. The maximum absolute atomic E-state index is 12.9. The molecular weight excluding hydrogens is 300 g/mol. The van der Waals surface area contributed by atoms with Gasteiger partial charge in [0.1, 0.15) is 17.0 Å². The van der Waals surface area contributed by atoms with Gasteiger partial charge in [-0.05, 0) is 18.9 Å². The molecule has 3 aromatic rings. The molecule has 1 unspecified atom stereocenters. The van der Waals surface area contributed by atoms with Gasteiger partial charge >= 0.3 is 0 Å². The summed E-state index contributed by atoms with van der Waals surface area (Å²) in [6.45, 7) is 3.81. The first-order valence-corrected chi connectivity index (χ1v) is 8.08.